The molecule has 0 amide bonds. The first kappa shape index (κ1) is 24.9. The van der Waals surface area contributed by atoms with Gasteiger partial charge in [-0.3, -0.25) is 4.79 Å². The van der Waals surface area contributed by atoms with Crippen LogP contribution in [-0.4, -0.2) is 47.9 Å². The normalized spacial score (nSPS) is 13.7. The molecule has 1 aliphatic carbocycles. The second-order valence-corrected chi connectivity index (χ2v) is 9.01. The number of fused-ring (bicyclic) bond motifs is 1. The average Bonchev–Trinajstić information content (AvgIpc) is 3.36. The van der Waals surface area contributed by atoms with Crippen LogP contribution in [0.5, 0.6) is 23.0 Å². The summed E-state index contributed by atoms with van der Waals surface area (Å²) in [7, 11) is 1.60. The summed E-state index contributed by atoms with van der Waals surface area (Å²) in [6, 6.07) is 9.82. The van der Waals surface area contributed by atoms with Crippen molar-refractivity contribution in [3.8, 4) is 34.3 Å². The van der Waals surface area contributed by atoms with Crippen LogP contribution in [0.2, 0.25) is 0 Å². The quantitative estimate of drug-likeness (QED) is 0.386. The molecule has 1 fully saturated rings. The highest BCUT2D eigenvalue weighted by molar-refractivity contribution is 7.80. The molecule has 0 unspecified atom stereocenters. The number of aromatic hydroxyl groups is 1. The molecule has 4 rings (SSSR count). The van der Waals surface area contributed by atoms with Gasteiger partial charge in [-0.25, -0.2) is 0 Å². The third kappa shape index (κ3) is 5.53. The van der Waals surface area contributed by atoms with Gasteiger partial charge in [0.25, 0.3) is 0 Å². The molecular weight excluding hydrogens is 466 g/mol. The van der Waals surface area contributed by atoms with Gasteiger partial charge in [0.1, 0.15) is 39.8 Å². The molecule has 7 nitrogen and oxygen atoms in total. The fourth-order valence-electron chi connectivity index (χ4n) is 4.39. The number of rotatable bonds is 9. The predicted octanol–water partition coefficient (Wildman–Crippen LogP) is 5.54. The van der Waals surface area contributed by atoms with Crippen molar-refractivity contribution in [3.63, 3.8) is 0 Å². The molecule has 3 aromatic rings. The van der Waals surface area contributed by atoms with Crippen molar-refractivity contribution >= 4 is 28.2 Å². The number of nitrogens with zero attached hydrogens (tertiary/aromatic N) is 1. The molecule has 0 saturated heterocycles. The van der Waals surface area contributed by atoms with Crippen molar-refractivity contribution in [3.05, 3.63) is 46.6 Å². The first-order chi connectivity index (χ1) is 16.9. The van der Waals surface area contributed by atoms with E-state index < -0.39 is 0 Å². The van der Waals surface area contributed by atoms with E-state index in [0.717, 1.165) is 38.8 Å². The molecule has 1 heterocycles. The lowest BCUT2D eigenvalue weighted by Gasteiger charge is -2.21. The number of thiocarbonyl (C=S) groups is 1. The number of phenolic OH excluding ortho intramolecular Hbond substituents is 1. The van der Waals surface area contributed by atoms with Crippen LogP contribution in [0.25, 0.3) is 22.3 Å². The molecule has 1 aromatic heterocycles. The van der Waals surface area contributed by atoms with E-state index in [9.17, 15) is 9.90 Å². The van der Waals surface area contributed by atoms with Crippen molar-refractivity contribution < 1.29 is 23.7 Å². The summed E-state index contributed by atoms with van der Waals surface area (Å²) < 4.78 is 23.5. The van der Waals surface area contributed by atoms with Crippen LogP contribution < -0.4 is 19.6 Å². The summed E-state index contributed by atoms with van der Waals surface area (Å²) >= 11 is 5.43. The largest absolute Gasteiger partial charge is 0.507 e. The van der Waals surface area contributed by atoms with Crippen LogP contribution in [0, 0.1) is 0 Å². The number of phenols is 1. The van der Waals surface area contributed by atoms with E-state index in [-0.39, 0.29) is 34.9 Å². The monoisotopic (exact) mass is 497 g/mol. The van der Waals surface area contributed by atoms with E-state index in [4.69, 9.17) is 30.8 Å². The number of hydrogen-bond donors (Lipinski definition) is 1. The van der Waals surface area contributed by atoms with E-state index in [1.54, 1.807) is 19.2 Å². The van der Waals surface area contributed by atoms with E-state index in [1.165, 1.54) is 12.1 Å². The van der Waals surface area contributed by atoms with Crippen LogP contribution in [0.4, 0.5) is 0 Å². The van der Waals surface area contributed by atoms with E-state index >= 15 is 0 Å². The number of benzene rings is 2. The van der Waals surface area contributed by atoms with Crippen molar-refractivity contribution in [1.29, 1.82) is 0 Å². The maximum absolute atomic E-state index is 12.9. The molecule has 8 heteroatoms. The smallest absolute Gasteiger partial charge is 0.197 e. The number of ether oxygens (including phenoxy) is 3. The average molecular weight is 498 g/mol. The van der Waals surface area contributed by atoms with Crippen LogP contribution >= 0.6 is 12.2 Å². The molecular formula is C27H31NO6S. The fraction of sp³-hybridized carbons (Fsp3) is 0.407. The van der Waals surface area contributed by atoms with Gasteiger partial charge in [-0.15, -0.1) is 0 Å². The molecule has 0 spiro atoms. The zero-order valence-corrected chi connectivity index (χ0v) is 21.2. The van der Waals surface area contributed by atoms with Gasteiger partial charge in [0, 0.05) is 36.9 Å². The van der Waals surface area contributed by atoms with E-state index in [1.807, 2.05) is 30.9 Å². The Kier molecular flexibility index (Phi) is 7.80. The molecule has 0 radical (unpaired) electrons. The van der Waals surface area contributed by atoms with E-state index in [2.05, 4.69) is 0 Å². The Hall–Kier alpha value is -3.26. The van der Waals surface area contributed by atoms with Crippen LogP contribution in [-0.2, 0) is 0 Å². The van der Waals surface area contributed by atoms with Gasteiger partial charge in [-0.1, -0.05) is 12.2 Å². The standard InChI is InChI=1S/C27H31NO6S/c1-4-28(5-2)26(35)16-32-19-13-20(29)27-21(30)15-23(34-25(27)14-19)17-10-11-22(31-3)24(12-17)33-18-8-6-7-9-18/h10-15,18,29H,4-9,16H2,1-3H3. The zero-order chi connectivity index (χ0) is 24.9. The Morgan fingerprint density at radius 1 is 1.11 bits per heavy atom. The molecule has 186 valence electrons. The molecule has 1 aliphatic rings. The van der Waals surface area contributed by atoms with Crippen LogP contribution in [0.3, 0.4) is 0 Å². The summed E-state index contributed by atoms with van der Waals surface area (Å²) in [4.78, 5) is 15.6. The third-order valence-corrected chi connectivity index (χ3v) is 6.68. The summed E-state index contributed by atoms with van der Waals surface area (Å²) in [5, 5.41) is 10.6. The lowest BCUT2D eigenvalue weighted by Crippen LogP contribution is -2.33. The number of methoxy groups -OCH3 is 1. The molecule has 0 bridgehead atoms. The van der Waals surface area contributed by atoms with Gasteiger partial charge < -0.3 is 28.6 Å². The fourth-order valence-corrected chi connectivity index (χ4v) is 4.71. The lowest BCUT2D eigenvalue weighted by atomic mass is 10.1. The van der Waals surface area contributed by atoms with Gasteiger partial charge in [-0.05, 0) is 57.7 Å². The van der Waals surface area contributed by atoms with Crippen molar-refractivity contribution in [2.24, 2.45) is 0 Å². The second kappa shape index (κ2) is 11.0. The molecule has 2 aromatic carbocycles. The zero-order valence-electron chi connectivity index (χ0n) is 20.3. The first-order valence-corrected chi connectivity index (χ1v) is 12.4. The first-order valence-electron chi connectivity index (χ1n) is 12.0. The molecule has 1 saturated carbocycles. The Morgan fingerprint density at radius 2 is 1.86 bits per heavy atom. The molecule has 35 heavy (non-hydrogen) atoms. The predicted molar refractivity (Wildman–Crippen MR) is 140 cm³/mol. The Morgan fingerprint density at radius 3 is 2.54 bits per heavy atom. The van der Waals surface area contributed by atoms with Crippen LogP contribution in [0.1, 0.15) is 39.5 Å². The van der Waals surface area contributed by atoms with E-state index in [0.29, 0.717) is 33.6 Å². The van der Waals surface area contributed by atoms with Gasteiger partial charge in [0.05, 0.1) is 13.2 Å². The minimum atomic E-state index is -0.349. The Balaban J connectivity index is 1.66. The molecule has 0 atom stereocenters. The van der Waals surface area contributed by atoms with Gasteiger partial charge in [0.15, 0.2) is 16.9 Å². The summed E-state index contributed by atoms with van der Waals surface area (Å²) in [6.45, 7) is 5.81. The molecule has 1 N–H and O–H groups in total. The third-order valence-electron chi connectivity index (χ3n) is 6.31. The van der Waals surface area contributed by atoms with Crippen molar-refractivity contribution in [1.82, 2.24) is 4.90 Å². The SMILES string of the molecule is CCN(CC)C(=S)COc1cc(O)c2c(=O)cc(-c3ccc(OC)c(OC4CCCC4)c3)oc2c1. The second-order valence-electron chi connectivity index (χ2n) is 8.54. The number of hydrogen-bond acceptors (Lipinski definition) is 7. The minimum Gasteiger partial charge on any atom is -0.507 e. The topological polar surface area (TPSA) is 81.4 Å². The lowest BCUT2D eigenvalue weighted by molar-refractivity contribution is 0.201. The van der Waals surface area contributed by atoms with Crippen molar-refractivity contribution in [2.75, 3.05) is 26.8 Å². The van der Waals surface area contributed by atoms with Gasteiger partial charge >= 0.3 is 0 Å². The number of likely N-dealkylation sites (N-methyl/N-ethyl adjacent to an activating group) is 1. The van der Waals surface area contributed by atoms with Crippen molar-refractivity contribution in [2.45, 2.75) is 45.6 Å². The summed E-state index contributed by atoms with van der Waals surface area (Å²) in [5.41, 5.74) is 0.551. The molecule has 0 aliphatic heterocycles. The Labute approximate surface area is 210 Å². The van der Waals surface area contributed by atoms with Gasteiger partial charge in [-0.2, -0.15) is 0 Å². The van der Waals surface area contributed by atoms with Crippen LogP contribution in [0.15, 0.2) is 45.6 Å². The Bertz CT molecular complexity index is 1260. The minimum absolute atomic E-state index is 0.100. The highest BCUT2D eigenvalue weighted by atomic mass is 32.1. The highest BCUT2D eigenvalue weighted by Crippen LogP contribution is 2.37. The maximum atomic E-state index is 12.9. The van der Waals surface area contributed by atoms with Gasteiger partial charge in [0.2, 0.25) is 0 Å². The highest BCUT2D eigenvalue weighted by Gasteiger charge is 2.20. The summed E-state index contributed by atoms with van der Waals surface area (Å²) in [6.07, 6.45) is 4.48. The maximum Gasteiger partial charge on any atom is 0.197 e. The summed E-state index contributed by atoms with van der Waals surface area (Å²) in [5.74, 6) is 1.76.